The molecule has 0 spiro atoms. The molecule has 3 amide bonds. The molecule has 0 bridgehead atoms. The molecule has 0 unspecified atom stereocenters. The Labute approximate surface area is 240 Å². The third kappa shape index (κ3) is 12.5. The summed E-state index contributed by atoms with van der Waals surface area (Å²) in [5.74, 6) is -2.56. The first-order chi connectivity index (χ1) is 18.8. The largest absolute Gasteiger partial charge is 0.481 e. The molecule has 7 atom stereocenters. The summed E-state index contributed by atoms with van der Waals surface area (Å²) in [5.41, 5.74) is 0. The second kappa shape index (κ2) is 18.3. The Morgan fingerprint density at radius 2 is 1.30 bits per heavy atom. The van der Waals surface area contributed by atoms with Crippen molar-refractivity contribution >= 4 is 23.7 Å². The Morgan fingerprint density at radius 1 is 0.775 bits per heavy atom. The van der Waals surface area contributed by atoms with Gasteiger partial charge in [-0.05, 0) is 36.5 Å². The van der Waals surface area contributed by atoms with E-state index in [9.17, 15) is 29.4 Å². The van der Waals surface area contributed by atoms with Crippen molar-refractivity contribution in [2.75, 3.05) is 0 Å². The van der Waals surface area contributed by atoms with Gasteiger partial charge in [-0.15, -0.1) is 0 Å². The molecule has 0 heterocycles. The van der Waals surface area contributed by atoms with Crippen molar-refractivity contribution in [1.82, 2.24) is 16.0 Å². The summed E-state index contributed by atoms with van der Waals surface area (Å²) in [6, 6.07) is -2.50. The number of hydrogen-bond acceptors (Lipinski definition) is 6. The van der Waals surface area contributed by atoms with Crippen LogP contribution in [-0.4, -0.2) is 69.3 Å². The summed E-state index contributed by atoms with van der Waals surface area (Å²) in [6.07, 6.45) is 4.86. The van der Waals surface area contributed by atoms with E-state index in [4.69, 9.17) is 5.11 Å². The maximum absolute atomic E-state index is 13.7. The van der Waals surface area contributed by atoms with E-state index in [0.717, 1.165) is 25.7 Å². The molecule has 1 aliphatic carbocycles. The molecule has 10 heteroatoms. The van der Waals surface area contributed by atoms with Gasteiger partial charge in [-0.2, -0.15) is 0 Å². The predicted molar refractivity (Wildman–Crippen MR) is 154 cm³/mol. The average Bonchev–Trinajstić information content (AvgIpc) is 2.91. The van der Waals surface area contributed by atoms with Crippen molar-refractivity contribution in [1.29, 1.82) is 0 Å². The minimum Gasteiger partial charge on any atom is -0.481 e. The van der Waals surface area contributed by atoms with E-state index in [1.54, 1.807) is 0 Å². The predicted octanol–water partition coefficient (Wildman–Crippen LogP) is 3.14. The highest BCUT2D eigenvalue weighted by Crippen LogP contribution is 2.29. The molecular formula is C30H55N3O7. The van der Waals surface area contributed by atoms with E-state index in [1.807, 2.05) is 41.5 Å². The van der Waals surface area contributed by atoms with Gasteiger partial charge in [0.05, 0.1) is 18.6 Å². The monoisotopic (exact) mass is 569 g/mol. The van der Waals surface area contributed by atoms with Crippen LogP contribution in [0.15, 0.2) is 0 Å². The Morgan fingerprint density at radius 3 is 1.80 bits per heavy atom. The molecule has 1 aliphatic rings. The fraction of sp³-hybridized carbons (Fsp3) is 0.867. The standard InChI is InChI=1S/C30H55N3O7/c1-7-19(5)26(32-24(35)14-15-25(36)37)30(40)33-27(20(6)8-2)29(39)31-22(17-21-12-10-9-11-13-21)28(38)23(34)16-18(3)4/h18-23,26-28,34,38H,7-17H2,1-6H3,(H,31,39)(H,32,35)(H,33,40)(H,36,37)/t19-,20-,22-,23-,26-,27-,28+/m0/s1. The van der Waals surface area contributed by atoms with Gasteiger partial charge in [-0.3, -0.25) is 19.2 Å². The van der Waals surface area contributed by atoms with E-state index in [2.05, 4.69) is 16.0 Å². The first kappa shape index (κ1) is 35.8. The first-order valence-corrected chi connectivity index (χ1v) is 15.3. The summed E-state index contributed by atoms with van der Waals surface area (Å²) >= 11 is 0. The second-order valence-electron chi connectivity index (χ2n) is 12.2. The normalized spacial score (nSPS) is 19.5. The number of nitrogens with one attached hydrogen (secondary N) is 3. The van der Waals surface area contributed by atoms with Crippen molar-refractivity contribution in [3.05, 3.63) is 0 Å². The minimum atomic E-state index is -1.14. The van der Waals surface area contributed by atoms with Crippen molar-refractivity contribution in [3.63, 3.8) is 0 Å². The number of carboxylic acid groups (broad SMARTS) is 1. The maximum atomic E-state index is 13.7. The number of carbonyl (C=O) groups excluding carboxylic acids is 3. The lowest BCUT2D eigenvalue weighted by molar-refractivity contribution is -0.139. The number of hydrogen-bond donors (Lipinski definition) is 6. The maximum Gasteiger partial charge on any atom is 0.303 e. The Hall–Kier alpha value is -2.20. The van der Waals surface area contributed by atoms with Gasteiger partial charge in [0.1, 0.15) is 18.2 Å². The number of carboxylic acids is 1. The minimum absolute atomic E-state index is 0.172. The van der Waals surface area contributed by atoms with Crippen LogP contribution in [0.4, 0.5) is 0 Å². The lowest BCUT2D eigenvalue weighted by atomic mass is 9.82. The number of amides is 3. The molecule has 1 rings (SSSR count). The fourth-order valence-corrected chi connectivity index (χ4v) is 5.34. The Balaban J connectivity index is 3.11. The van der Waals surface area contributed by atoms with Crippen LogP contribution in [0, 0.1) is 23.7 Å². The highest BCUT2D eigenvalue weighted by molar-refractivity contribution is 5.92. The zero-order valence-corrected chi connectivity index (χ0v) is 25.4. The number of aliphatic hydroxyl groups is 2. The van der Waals surface area contributed by atoms with Crippen LogP contribution in [0.2, 0.25) is 0 Å². The zero-order chi connectivity index (χ0) is 30.4. The SMILES string of the molecule is CC[C@H](C)[C@H](NC(=O)CCC(=O)O)C(=O)N[C@H](C(=O)N[C@@H](CC1CCCCC1)[C@@H](O)[C@@H](O)CC(C)C)[C@@H](C)CC. The summed E-state index contributed by atoms with van der Waals surface area (Å²) < 4.78 is 0. The van der Waals surface area contributed by atoms with Crippen LogP contribution in [0.5, 0.6) is 0 Å². The lowest BCUT2D eigenvalue weighted by Crippen LogP contribution is -2.60. The third-order valence-corrected chi connectivity index (χ3v) is 8.33. The molecule has 0 aromatic carbocycles. The zero-order valence-electron chi connectivity index (χ0n) is 25.4. The van der Waals surface area contributed by atoms with E-state index in [-0.39, 0.29) is 30.6 Å². The number of rotatable bonds is 18. The van der Waals surface area contributed by atoms with Crippen LogP contribution in [0.3, 0.4) is 0 Å². The fourth-order valence-electron chi connectivity index (χ4n) is 5.34. The van der Waals surface area contributed by atoms with E-state index in [0.29, 0.717) is 31.6 Å². The van der Waals surface area contributed by atoms with Crippen LogP contribution in [0.1, 0.15) is 112 Å². The highest BCUT2D eigenvalue weighted by Gasteiger charge is 2.36. The topological polar surface area (TPSA) is 165 Å². The van der Waals surface area contributed by atoms with Gasteiger partial charge in [-0.25, -0.2) is 0 Å². The van der Waals surface area contributed by atoms with Gasteiger partial charge >= 0.3 is 5.97 Å². The van der Waals surface area contributed by atoms with Gasteiger partial charge in [-0.1, -0.05) is 86.5 Å². The van der Waals surface area contributed by atoms with Crippen LogP contribution < -0.4 is 16.0 Å². The molecule has 0 saturated heterocycles. The Kier molecular flexibility index (Phi) is 16.4. The molecule has 1 saturated carbocycles. The summed E-state index contributed by atoms with van der Waals surface area (Å²) in [5, 5.41) is 39.2. The summed E-state index contributed by atoms with van der Waals surface area (Å²) in [4.78, 5) is 50.3. The molecule has 0 aromatic heterocycles. The van der Waals surface area contributed by atoms with Crippen LogP contribution in [-0.2, 0) is 19.2 Å². The number of aliphatic hydroxyl groups excluding tert-OH is 2. The molecule has 0 aromatic rings. The molecule has 0 radical (unpaired) electrons. The van der Waals surface area contributed by atoms with Crippen molar-refractivity contribution in [2.45, 2.75) is 143 Å². The van der Waals surface area contributed by atoms with Crippen LogP contribution in [0.25, 0.3) is 0 Å². The van der Waals surface area contributed by atoms with E-state index in [1.165, 1.54) is 6.42 Å². The molecule has 10 nitrogen and oxygen atoms in total. The average molecular weight is 570 g/mol. The second-order valence-corrected chi connectivity index (χ2v) is 12.2. The quantitative estimate of drug-likeness (QED) is 0.148. The molecular weight excluding hydrogens is 514 g/mol. The smallest absolute Gasteiger partial charge is 0.303 e. The number of carbonyl (C=O) groups is 4. The van der Waals surface area contributed by atoms with Crippen molar-refractivity contribution in [3.8, 4) is 0 Å². The highest BCUT2D eigenvalue weighted by atomic mass is 16.4. The van der Waals surface area contributed by atoms with Gasteiger partial charge in [0.2, 0.25) is 17.7 Å². The van der Waals surface area contributed by atoms with E-state index >= 15 is 0 Å². The summed E-state index contributed by atoms with van der Waals surface area (Å²) in [7, 11) is 0. The molecule has 1 fully saturated rings. The van der Waals surface area contributed by atoms with Crippen molar-refractivity contribution in [2.24, 2.45) is 23.7 Å². The number of aliphatic carboxylic acids is 1. The third-order valence-electron chi connectivity index (χ3n) is 8.33. The van der Waals surface area contributed by atoms with E-state index < -0.39 is 54.0 Å². The van der Waals surface area contributed by atoms with Gasteiger partial charge in [0, 0.05) is 6.42 Å². The molecule has 40 heavy (non-hydrogen) atoms. The van der Waals surface area contributed by atoms with Gasteiger partial charge in [0.15, 0.2) is 0 Å². The first-order valence-electron chi connectivity index (χ1n) is 15.3. The van der Waals surface area contributed by atoms with Gasteiger partial charge in [0.25, 0.3) is 0 Å². The lowest BCUT2D eigenvalue weighted by Gasteiger charge is -2.35. The summed E-state index contributed by atoms with van der Waals surface area (Å²) in [6.45, 7) is 11.4. The molecule has 232 valence electrons. The molecule has 0 aliphatic heterocycles. The van der Waals surface area contributed by atoms with Gasteiger partial charge < -0.3 is 31.3 Å². The van der Waals surface area contributed by atoms with Crippen LogP contribution >= 0.6 is 0 Å². The molecule has 6 N–H and O–H groups in total. The van der Waals surface area contributed by atoms with Crippen molar-refractivity contribution < 1.29 is 34.5 Å². The Bertz CT molecular complexity index is 800.